The molecule has 5 nitrogen and oxygen atoms in total. The Morgan fingerprint density at radius 2 is 1.35 bits per heavy atom. The molecule has 26 heavy (non-hydrogen) atoms. The van der Waals surface area contributed by atoms with Crippen LogP contribution >= 0.6 is 0 Å². The summed E-state index contributed by atoms with van der Waals surface area (Å²) in [6.07, 6.45) is 0.484. The van der Waals surface area contributed by atoms with E-state index in [9.17, 15) is 4.79 Å². The van der Waals surface area contributed by atoms with Gasteiger partial charge in [0.1, 0.15) is 11.5 Å². The lowest BCUT2D eigenvalue weighted by atomic mass is 10.2. The number of amides is 1. The summed E-state index contributed by atoms with van der Waals surface area (Å²) in [4.78, 5) is 12.3. The number of hydrogen-bond acceptors (Lipinski definition) is 4. The molecule has 140 valence electrons. The topological polar surface area (TPSA) is 59.6 Å². The lowest BCUT2D eigenvalue weighted by molar-refractivity contribution is -0.116. The highest BCUT2D eigenvalue weighted by atomic mass is 16.5. The molecule has 2 aromatic carbocycles. The molecule has 0 aromatic heterocycles. The molecule has 2 rings (SSSR count). The number of anilines is 2. The Morgan fingerprint density at radius 1 is 0.846 bits per heavy atom. The summed E-state index contributed by atoms with van der Waals surface area (Å²) in [6.45, 7) is 8.40. The van der Waals surface area contributed by atoms with Crippen LogP contribution in [-0.2, 0) is 4.79 Å². The molecule has 5 heteroatoms. The molecule has 0 heterocycles. The van der Waals surface area contributed by atoms with Crippen LogP contribution in [0.15, 0.2) is 48.5 Å². The van der Waals surface area contributed by atoms with Gasteiger partial charge in [0.05, 0.1) is 23.6 Å². The summed E-state index contributed by atoms with van der Waals surface area (Å²) >= 11 is 0. The van der Waals surface area contributed by atoms with E-state index in [1.165, 1.54) is 0 Å². The van der Waals surface area contributed by atoms with Gasteiger partial charge in [-0.05, 0) is 52.0 Å². The van der Waals surface area contributed by atoms with Crippen molar-refractivity contribution in [2.24, 2.45) is 0 Å². The van der Waals surface area contributed by atoms with Gasteiger partial charge in [-0.2, -0.15) is 0 Å². The maximum atomic E-state index is 12.3. The van der Waals surface area contributed by atoms with Gasteiger partial charge in [0, 0.05) is 13.0 Å². The lowest BCUT2D eigenvalue weighted by Crippen LogP contribution is -2.18. The molecule has 0 saturated carbocycles. The average Bonchev–Trinajstić information content (AvgIpc) is 2.57. The van der Waals surface area contributed by atoms with Crippen molar-refractivity contribution in [1.29, 1.82) is 0 Å². The van der Waals surface area contributed by atoms with Crippen LogP contribution in [0.25, 0.3) is 0 Å². The number of carbonyl (C=O) groups is 1. The molecular weight excluding hydrogens is 328 g/mol. The fourth-order valence-electron chi connectivity index (χ4n) is 2.42. The number of nitrogens with one attached hydrogen (secondary N) is 2. The van der Waals surface area contributed by atoms with Crippen molar-refractivity contribution in [3.05, 3.63) is 48.5 Å². The Labute approximate surface area is 155 Å². The van der Waals surface area contributed by atoms with Crippen molar-refractivity contribution in [2.45, 2.75) is 46.3 Å². The van der Waals surface area contributed by atoms with E-state index in [0.29, 0.717) is 24.4 Å². The molecule has 2 N–H and O–H groups in total. The number of benzene rings is 2. The molecule has 0 spiro atoms. The number of ether oxygens (including phenoxy) is 2. The molecule has 0 saturated heterocycles. The zero-order chi connectivity index (χ0) is 18.9. The zero-order valence-electron chi connectivity index (χ0n) is 15.9. The third kappa shape index (κ3) is 6.31. The predicted octanol–water partition coefficient (Wildman–Crippen LogP) is 4.70. The molecule has 1 amide bonds. The molecule has 0 aliphatic heterocycles. The van der Waals surface area contributed by atoms with E-state index in [0.717, 1.165) is 11.4 Å². The molecule has 0 radical (unpaired) electrons. The maximum Gasteiger partial charge on any atom is 0.226 e. The summed E-state index contributed by atoms with van der Waals surface area (Å²) < 4.78 is 11.5. The summed E-state index contributed by atoms with van der Waals surface area (Å²) in [5.74, 6) is 1.40. The summed E-state index contributed by atoms with van der Waals surface area (Å²) in [6, 6.07) is 15.2. The van der Waals surface area contributed by atoms with E-state index in [1.807, 2.05) is 76.2 Å². The van der Waals surface area contributed by atoms with Gasteiger partial charge in [0.25, 0.3) is 0 Å². The Hall–Kier alpha value is -2.69. The van der Waals surface area contributed by atoms with Gasteiger partial charge < -0.3 is 20.1 Å². The fourth-order valence-corrected chi connectivity index (χ4v) is 2.42. The minimum Gasteiger partial charge on any atom is -0.489 e. The quantitative estimate of drug-likeness (QED) is 0.684. The number of carbonyl (C=O) groups excluding carboxylic acids is 1. The largest absolute Gasteiger partial charge is 0.489 e. The van der Waals surface area contributed by atoms with Crippen LogP contribution in [0.5, 0.6) is 11.5 Å². The molecule has 2 aromatic rings. The van der Waals surface area contributed by atoms with E-state index in [4.69, 9.17) is 9.47 Å². The Morgan fingerprint density at radius 3 is 1.92 bits per heavy atom. The van der Waals surface area contributed by atoms with Gasteiger partial charge in [0.15, 0.2) is 0 Å². The number of hydrogen-bond donors (Lipinski definition) is 2. The van der Waals surface area contributed by atoms with Crippen LogP contribution in [0.3, 0.4) is 0 Å². The van der Waals surface area contributed by atoms with E-state index in [1.54, 1.807) is 0 Å². The highest BCUT2D eigenvalue weighted by molar-refractivity contribution is 5.92. The Balaban J connectivity index is 1.89. The summed E-state index contributed by atoms with van der Waals surface area (Å²) in [5.41, 5.74) is 1.58. The van der Waals surface area contributed by atoms with Crippen molar-refractivity contribution in [1.82, 2.24) is 0 Å². The van der Waals surface area contributed by atoms with E-state index >= 15 is 0 Å². The van der Waals surface area contributed by atoms with Crippen molar-refractivity contribution in [3.63, 3.8) is 0 Å². The molecule has 0 aliphatic carbocycles. The minimum absolute atomic E-state index is 0.0483. The lowest BCUT2D eigenvalue weighted by Gasteiger charge is -2.16. The van der Waals surface area contributed by atoms with Crippen molar-refractivity contribution in [2.75, 3.05) is 17.2 Å². The third-order valence-corrected chi connectivity index (χ3v) is 3.44. The monoisotopic (exact) mass is 356 g/mol. The fraction of sp³-hybridized carbons (Fsp3) is 0.381. The average molecular weight is 356 g/mol. The third-order valence-electron chi connectivity index (χ3n) is 3.44. The van der Waals surface area contributed by atoms with E-state index in [2.05, 4.69) is 10.6 Å². The molecule has 0 atom stereocenters. The highest BCUT2D eigenvalue weighted by Gasteiger charge is 2.09. The standard InChI is InChI=1S/C21H28N2O3/c1-15(2)25-19-11-7-5-9-17(19)22-14-13-21(24)23-18-10-6-8-12-20(18)26-16(3)4/h5-12,15-16,22H,13-14H2,1-4H3,(H,23,24). The SMILES string of the molecule is CC(C)Oc1ccccc1NCCC(=O)Nc1ccccc1OC(C)C. The maximum absolute atomic E-state index is 12.3. The molecule has 0 bridgehead atoms. The first kappa shape index (κ1) is 19.6. The normalized spacial score (nSPS) is 10.7. The number of para-hydroxylation sites is 4. The van der Waals surface area contributed by atoms with Gasteiger partial charge in [0.2, 0.25) is 5.91 Å². The second-order valence-corrected chi connectivity index (χ2v) is 6.55. The van der Waals surface area contributed by atoms with Crippen LogP contribution in [0, 0.1) is 0 Å². The van der Waals surface area contributed by atoms with Crippen molar-refractivity contribution in [3.8, 4) is 11.5 Å². The summed E-state index contributed by atoms with van der Waals surface area (Å²) in [7, 11) is 0. The smallest absolute Gasteiger partial charge is 0.226 e. The van der Waals surface area contributed by atoms with Gasteiger partial charge in [-0.3, -0.25) is 4.79 Å². The molecular formula is C21H28N2O3. The molecule has 0 unspecified atom stereocenters. The van der Waals surface area contributed by atoms with Crippen molar-refractivity contribution < 1.29 is 14.3 Å². The first-order chi connectivity index (χ1) is 12.5. The van der Waals surface area contributed by atoms with E-state index < -0.39 is 0 Å². The van der Waals surface area contributed by atoms with Gasteiger partial charge in [-0.1, -0.05) is 24.3 Å². The van der Waals surface area contributed by atoms with Crippen LogP contribution in [0.2, 0.25) is 0 Å². The highest BCUT2D eigenvalue weighted by Crippen LogP contribution is 2.26. The number of rotatable bonds is 9. The van der Waals surface area contributed by atoms with Crippen LogP contribution in [0.4, 0.5) is 11.4 Å². The predicted molar refractivity (Wildman–Crippen MR) is 106 cm³/mol. The second-order valence-electron chi connectivity index (χ2n) is 6.55. The van der Waals surface area contributed by atoms with Crippen LogP contribution < -0.4 is 20.1 Å². The zero-order valence-corrected chi connectivity index (χ0v) is 15.9. The molecule has 0 fully saturated rings. The Bertz CT molecular complexity index is 714. The molecule has 0 aliphatic rings. The second kappa shape index (κ2) is 9.70. The van der Waals surface area contributed by atoms with E-state index in [-0.39, 0.29) is 18.1 Å². The van der Waals surface area contributed by atoms with Gasteiger partial charge >= 0.3 is 0 Å². The first-order valence-electron chi connectivity index (χ1n) is 9.00. The minimum atomic E-state index is -0.0698. The van der Waals surface area contributed by atoms with Gasteiger partial charge in [-0.25, -0.2) is 0 Å². The van der Waals surface area contributed by atoms with Gasteiger partial charge in [-0.15, -0.1) is 0 Å². The first-order valence-corrected chi connectivity index (χ1v) is 9.00. The van der Waals surface area contributed by atoms with Crippen molar-refractivity contribution >= 4 is 17.3 Å². The summed E-state index contributed by atoms with van der Waals surface area (Å²) in [5, 5.41) is 6.18. The van der Waals surface area contributed by atoms with Crippen LogP contribution in [0.1, 0.15) is 34.1 Å². The Kier molecular flexibility index (Phi) is 7.33. The van der Waals surface area contributed by atoms with Crippen LogP contribution in [-0.4, -0.2) is 24.7 Å².